The highest BCUT2D eigenvalue weighted by atomic mass is 16.5. The summed E-state index contributed by atoms with van der Waals surface area (Å²) in [5.74, 6) is -0.534. The predicted molar refractivity (Wildman–Crippen MR) is 103 cm³/mol. The topological polar surface area (TPSA) is 66.8 Å². The highest BCUT2D eigenvalue weighted by molar-refractivity contribution is 5.84. The van der Waals surface area contributed by atoms with Crippen LogP contribution in [0.4, 0.5) is 0 Å². The van der Waals surface area contributed by atoms with E-state index in [4.69, 9.17) is 4.74 Å². The van der Waals surface area contributed by atoms with Gasteiger partial charge in [0.2, 0.25) is 5.91 Å². The molecule has 2 saturated heterocycles. The third-order valence-corrected chi connectivity index (χ3v) is 6.41. The van der Waals surface area contributed by atoms with Crippen molar-refractivity contribution < 1.29 is 19.4 Å². The summed E-state index contributed by atoms with van der Waals surface area (Å²) in [5.41, 5.74) is 1.09. The van der Waals surface area contributed by atoms with Crippen LogP contribution >= 0.6 is 0 Å². The SMILES string of the molecule is CCC(C)C(C(=O)N1CCC([C@@H]2OCCC2C(=O)O)CC1)c1ccccc1. The molecule has 0 saturated carbocycles. The Bertz CT molecular complexity index is 639. The Hall–Kier alpha value is -1.88. The number of hydrogen-bond acceptors (Lipinski definition) is 3. The molecule has 3 unspecified atom stereocenters. The number of carboxylic acid groups (broad SMARTS) is 1. The molecule has 2 aliphatic rings. The van der Waals surface area contributed by atoms with E-state index in [0.717, 1.165) is 24.8 Å². The second kappa shape index (κ2) is 8.87. The standard InChI is InChI=1S/C22H31NO4/c1-3-15(2)19(16-7-5-4-6-8-16)21(24)23-12-9-17(10-13-23)20-18(22(25)26)11-14-27-20/h4-8,15,17-20H,3,9-14H2,1-2H3,(H,25,26)/t15?,18?,19?,20-/m0/s1. The molecule has 0 aliphatic carbocycles. The van der Waals surface area contributed by atoms with Crippen LogP contribution in [0.25, 0.3) is 0 Å². The second-order valence-electron chi connectivity index (χ2n) is 8.01. The largest absolute Gasteiger partial charge is 0.481 e. The Morgan fingerprint density at radius 1 is 1.19 bits per heavy atom. The first-order valence-corrected chi connectivity index (χ1v) is 10.2. The van der Waals surface area contributed by atoms with Crippen LogP contribution < -0.4 is 0 Å². The second-order valence-corrected chi connectivity index (χ2v) is 8.01. The van der Waals surface area contributed by atoms with E-state index in [1.54, 1.807) is 0 Å². The molecule has 4 atom stereocenters. The zero-order chi connectivity index (χ0) is 19.4. The number of hydrogen-bond donors (Lipinski definition) is 1. The third kappa shape index (κ3) is 4.34. The van der Waals surface area contributed by atoms with Crippen LogP contribution in [0, 0.1) is 17.8 Å². The average Bonchev–Trinajstić information content (AvgIpc) is 3.19. The van der Waals surface area contributed by atoms with Gasteiger partial charge in [0.15, 0.2) is 0 Å². The molecule has 27 heavy (non-hydrogen) atoms. The molecular formula is C22H31NO4. The summed E-state index contributed by atoms with van der Waals surface area (Å²) in [4.78, 5) is 26.7. The fourth-order valence-electron chi connectivity index (χ4n) is 4.60. The van der Waals surface area contributed by atoms with Gasteiger partial charge in [0.1, 0.15) is 0 Å². The van der Waals surface area contributed by atoms with Gasteiger partial charge in [-0.2, -0.15) is 0 Å². The number of likely N-dealkylation sites (tertiary alicyclic amines) is 1. The van der Waals surface area contributed by atoms with Crippen LogP contribution in [-0.2, 0) is 14.3 Å². The normalized spacial score (nSPS) is 25.9. The van der Waals surface area contributed by atoms with Gasteiger partial charge < -0.3 is 14.7 Å². The van der Waals surface area contributed by atoms with Gasteiger partial charge in [-0.05, 0) is 36.7 Å². The summed E-state index contributed by atoms with van der Waals surface area (Å²) in [7, 11) is 0. The van der Waals surface area contributed by atoms with Crippen molar-refractivity contribution in [3.8, 4) is 0 Å². The van der Waals surface area contributed by atoms with Gasteiger partial charge in [-0.1, -0.05) is 50.6 Å². The number of carbonyl (C=O) groups excluding carboxylic acids is 1. The van der Waals surface area contributed by atoms with Crippen molar-refractivity contribution in [2.45, 2.75) is 51.6 Å². The van der Waals surface area contributed by atoms with E-state index < -0.39 is 11.9 Å². The maximum atomic E-state index is 13.3. The van der Waals surface area contributed by atoms with Crippen molar-refractivity contribution in [2.75, 3.05) is 19.7 Å². The van der Waals surface area contributed by atoms with Gasteiger partial charge >= 0.3 is 5.97 Å². The van der Waals surface area contributed by atoms with Gasteiger partial charge in [-0.25, -0.2) is 0 Å². The minimum absolute atomic E-state index is 0.109. The van der Waals surface area contributed by atoms with Crippen LogP contribution in [0.15, 0.2) is 30.3 Å². The van der Waals surface area contributed by atoms with Crippen molar-refractivity contribution >= 4 is 11.9 Å². The van der Waals surface area contributed by atoms with Crippen molar-refractivity contribution in [3.05, 3.63) is 35.9 Å². The van der Waals surface area contributed by atoms with E-state index in [2.05, 4.69) is 13.8 Å². The number of nitrogens with zero attached hydrogens (tertiary/aromatic N) is 1. The van der Waals surface area contributed by atoms with Gasteiger partial charge in [0, 0.05) is 19.7 Å². The first-order chi connectivity index (χ1) is 13.0. The number of carbonyl (C=O) groups is 2. The number of amides is 1. The molecule has 5 nitrogen and oxygen atoms in total. The summed E-state index contributed by atoms with van der Waals surface area (Å²) in [5, 5.41) is 9.40. The van der Waals surface area contributed by atoms with Crippen LogP contribution in [-0.4, -0.2) is 47.7 Å². The highest BCUT2D eigenvalue weighted by Gasteiger charge is 2.41. The van der Waals surface area contributed by atoms with E-state index in [0.29, 0.717) is 26.1 Å². The lowest BCUT2D eigenvalue weighted by atomic mass is 9.82. The van der Waals surface area contributed by atoms with Crippen LogP contribution in [0.5, 0.6) is 0 Å². The Labute approximate surface area is 161 Å². The molecular weight excluding hydrogens is 342 g/mol. The Morgan fingerprint density at radius 2 is 1.85 bits per heavy atom. The lowest BCUT2D eigenvalue weighted by Gasteiger charge is -2.38. The quantitative estimate of drug-likeness (QED) is 0.828. The molecule has 2 heterocycles. The summed E-state index contributed by atoms with van der Waals surface area (Å²) in [6, 6.07) is 10.1. The van der Waals surface area contributed by atoms with Crippen LogP contribution in [0.3, 0.4) is 0 Å². The number of rotatable bonds is 6. The number of piperidine rings is 1. The fraction of sp³-hybridized carbons (Fsp3) is 0.636. The third-order valence-electron chi connectivity index (χ3n) is 6.41. The molecule has 148 valence electrons. The molecule has 5 heteroatoms. The number of benzene rings is 1. The molecule has 0 radical (unpaired) electrons. The Kier molecular flexibility index (Phi) is 6.53. The maximum Gasteiger partial charge on any atom is 0.309 e. The zero-order valence-corrected chi connectivity index (χ0v) is 16.3. The molecule has 0 spiro atoms. The molecule has 0 bridgehead atoms. The Morgan fingerprint density at radius 3 is 2.44 bits per heavy atom. The average molecular weight is 373 g/mol. The zero-order valence-electron chi connectivity index (χ0n) is 16.3. The van der Waals surface area contributed by atoms with Crippen molar-refractivity contribution in [3.63, 3.8) is 0 Å². The Balaban J connectivity index is 1.65. The lowest BCUT2D eigenvalue weighted by Crippen LogP contribution is -2.45. The molecule has 1 aromatic rings. The summed E-state index contributed by atoms with van der Waals surface area (Å²) < 4.78 is 5.75. The van der Waals surface area contributed by atoms with Gasteiger partial charge in [-0.3, -0.25) is 9.59 Å². The predicted octanol–water partition coefficient (Wildman–Crippen LogP) is 3.54. The minimum Gasteiger partial charge on any atom is -0.481 e. The van der Waals surface area contributed by atoms with E-state index >= 15 is 0 Å². The maximum absolute atomic E-state index is 13.3. The van der Waals surface area contributed by atoms with Gasteiger partial charge in [-0.15, -0.1) is 0 Å². The molecule has 2 fully saturated rings. The van der Waals surface area contributed by atoms with Crippen LogP contribution in [0.2, 0.25) is 0 Å². The van der Waals surface area contributed by atoms with Crippen LogP contribution in [0.1, 0.15) is 51.0 Å². The van der Waals surface area contributed by atoms with E-state index in [1.165, 1.54) is 0 Å². The van der Waals surface area contributed by atoms with Crippen molar-refractivity contribution in [1.82, 2.24) is 4.90 Å². The molecule has 1 N–H and O–H groups in total. The van der Waals surface area contributed by atoms with E-state index in [1.807, 2.05) is 35.2 Å². The van der Waals surface area contributed by atoms with E-state index in [-0.39, 0.29) is 29.8 Å². The monoisotopic (exact) mass is 373 g/mol. The first kappa shape index (κ1) is 19.9. The van der Waals surface area contributed by atoms with Crippen molar-refractivity contribution in [2.24, 2.45) is 17.8 Å². The molecule has 1 amide bonds. The smallest absolute Gasteiger partial charge is 0.309 e. The number of carboxylic acids is 1. The lowest BCUT2D eigenvalue weighted by molar-refractivity contribution is -0.146. The van der Waals surface area contributed by atoms with Crippen molar-refractivity contribution in [1.29, 1.82) is 0 Å². The molecule has 0 aromatic heterocycles. The first-order valence-electron chi connectivity index (χ1n) is 10.2. The molecule has 2 aliphatic heterocycles. The molecule has 3 rings (SSSR count). The summed E-state index contributed by atoms with van der Waals surface area (Å²) in [6.07, 6.45) is 3.00. The molecule has 1 aromatic carbocycles. The van der Waals surface area contributed by atoms with Gasteiger partial charge in [0.25, 0.3) is 0 Å². The number of ether oxygens (including phenoxy) is 1. The summed E-state index contributed by atoms with van der Waals surface area (Å²) in [6.45, 7) is 6.19. The van der Waals surface area contributed by atoms with Gasteiger partial charge in [0.05, 0.1) is 17.9 Å². The minimum atomic E-state index is -0.753. The fourth-order valence-corrected chi connectivity index (χ4v) is 4.60. The number of aliphatic carboxylic acids is 1. The van der Waals surface area contributed by atoms with E-state index in [9.17, 15) is 14.7 Å². The highest BCUT2D eigenvalue weighted by Crippen LogP contribution is 2.35. The summed E-state index contributed by atoms with van der Waals surface area (Å²) >= 11 is 0.